The van der Waals surface area contributed by atoms with Crippen molar-refractivity contribution in [3.05, 3.63) is 77.0 Å². The number of carbonyl (C=O) groups excluding carboxylic acids is 1. The quantitative estimate of drug-likeness (QED) is 0.568. The van der Waals surface area contributed by atoms with E-state index in [9.17, 15) is 18.0 Å². The van der Waals surface area contributed by atoms with Gasteiger partial charge in [-0.15, -0.1) is 0 Å². The molecule has 2 heterocycles. The van der Waals surface area contributed by atoms with Crippen LogP contribution in [0.3, 0.4) is 0 Å². The Morgan fingerprint density at radius 3 is 2.56 bits per heavy atom. The molecule has 8 heteroatoms. The van der Waals surface area contributed by atoms with Gasteiger partial charge in [0, 0.05) is 30.9 Å². The summed E-state index contributed by atoms with van der Waals surface area (Å²) in [6.45, 7) is 0. The fourth-order valence-electron chi connectivity index (χ4n) is 4.38. The molecule has 1 unspecified atom stereocenters. The number of carbonyl (C=O) groups is 1. The van der Waals surface area contributed by atoms with Crippen LogP contribution in [-0.4, -0.2) is 21.8 Å². The Kier molecular flexibility index (Phi) is 6.23. The lowest BCUT2D eigenvalue weighted by molar-refractivity contribution is 0.0988. The van der Waals surface area contributed by atoms with Crippen LogP contribution in [0.1, 0.15) is 53.2 Å². The van der Waals surface area contributed by atoms with Gasteiger partial charge in [0.2, 0.25) is 0 Å². The molecule has 0 amide bonds. The number of aromatic nitrogens is 2. The zero-order chi connectivity index (χ0) is 22.8. The molecule has 1 saturated carbocycles. The largest absolute Gasteiger partial charge is 0.397 e. The summed E-state index contributed by atoms with van der Waals surface area (Å²) in [5, 5.41) is 0. The molecule has 1 aromatic carbocycles. The van der Waals surface area contributed by atoms with Crippen LogP contribution < -0.4 is 11.5 Å². The maximum atomic E-state index is 14.5. The summed E-state index contributed by atoms with van der Waals surface area (Å²) in [6.07, 6.45) is 6.98. The summed E-state index contributed by atoms with van der Waals surface area (Å²) >= 11 is 0. The SMILES string of the molecule is Nc1cc(F)c(-c2c(F)cccc2F)nc1C(=O)Cc1cnccc1C1CCC[C@H](N)C1. The fraction of sp³-hybridized carbons (Fsp3) is 0.292. The Balaban J connectivity index is 1.68. The van der Waals surface area contributed by atoms with Gasteiger partial charge in [0.15, 0.2) is 11.6 Å². The minimum absolute atomic E-state index is 0.0725. The zero-order valence-electron chi connectivity index (χ0n) is 17.3. The van der Waals surface area contributed by atoms with E-state index in [0.717, 1.165) is 55.5 Å². The Labute approximate surface area is 183 Å². The van der Waals surface area contributed by atoms with Crippen molar-refractivity contribution < 1.29 is 18.0 Å². The Morgan fingerprint density at radius 1 is 1.09 bits per heavy atom. The summed E-state index contributed by atoms with van der Waals surface area (Å²) in [7, 11) is 0. The molecule has 4 rings (SSSR count). The highest BCUT2D eigenvalue weighted by Crippen LogP contribution is 2.34. The summed E-state index contributed by atoms with van der Waals surface area (Å²) < 4.78 is 42.9. The maximum absolute atomic E-state index is 14.5. The van der Waals surface area contributed by atoms with E-state index in [1.165, 1.54) is 0 Å². The van der Waals surface area contributed by atoms with Crippen molar-refractivity contribution in [1.82, 2.24) is 9.97 Å². The van der Waals surface area contributed by atoms with E-state index in [1.54, 1.807) is 12.4 Å². The molecule has 1 aliphatic carbocycles. The average molecular weight is 440 g/mol. The maximum Gasteiger partial charge on any atom is 0.187 e. The van der Waals surface area contributed by atoms with Crippen LogP contribution >= 0.6 is 0 Å². The molecular formula is C24H23F3N4O. The fourth-order valence-corrected chi connectivity index (χ4v) is 4.38. The Hall–Kier alpha value is -3.26. The van der Waals surface area contributed by atoms with Gasteiger partial charge in [0.05, 0.1) is 11.3 Å². The smallest absolute Gasteiger partial charge is 0.187 e. The Bertz CT molecular complexity index is 1150. The first-order valence-electron chi connectivity index (χ1n) is 10.5. The van der Waals surface area contributed by atoms with Gasteiger partial charge >= 0.3 is 0 Å². The molecule has 1 aliphatic rings. The number of halogens is 3. The molecule has 2 aromatic heterocycles. The monoisotopic (exact) mass is 440 g/mol. The molecule has 0 spiro atoms. The van der Waals surface area contributed by atoms with Crippen LogP contribution in [0.15, 0.2) is 42.7 Å². The molecule has 32 heavy (non-hydrogen) atoms. The van der Waals surface area contributed by atoms with Gasteiger partial charge in [-0.05, 0) is 54.5 Å². The molecule has 166 valence electrons. The molecule has 5 nitrogen and oxygen atoms in total. The third-order valence-corrected chi connectivity index (χ3v) is 5.92. The highest BCUT2D eigenvalue weighted by atomic mass is 19.1. The predicted octanol–water partition coefficient (Wildman–Crippen LogP) is 4.55. The van der Waals surface area contributed by atoms with Gasteiger partial charge in [-0.2, -0.15) is 0 Å². The van der Waals surface area contributed by atoms with Crippen LogP contribution in [0.4, 0.5) is 18.9 Å². The van der Waals surface area contributed by atoms with E-state index in [-0.39, 0.29) is 29.8 Å². The first kappa shape index (κ1) is 22.0. The van der Waals surface area contributed by atoms with Crippen LogP contribution in [0.5, 0.6) is 0 Å². The van der Waals surface area contributed by atoms with E-state index in [1.807, 2.05) is 6.07 Å². The van der Waals surface area contributed by atoms with Crippen molar-refractivity contribution >= 4 is 11.5 Å². The summed E-state index contributed by atoms with van der Waals surface area (Å²) in [5.41, 5.74) is 12.0. The number of nitrogens with zero attached hydrogens (tertiary/aromatic N) is 2. The lowest BCUT2D eigenvalue weighted by Crippen LogP contribution is -2.27. The average Bonchev–Trinajstić information content (AvgIpc) is 2.75. The standard InChI is InChI=1S/C24H23F3N4O/c25-17-5-2-6-18(26)22(17)23-19(27)11-20(29)24(31-23)21(32)10-14-12-30-8-7-16(14)13-3-1-4-15(28)9-13/h2,5-8,11-13,15H,1,3-4,9-10,28-29H2/t13?,15-/m0/s1. The topological polar surface area (TPSA) is 94.9 Å². The lowest BCUT2D eigenvalue weighted by atomic mass is 9.80. The number of rotatable bonds is 5. The highest BCUT2D eigenvalue weighted by molar-refractivity contribution is 6.00. The van der Waals surface area contributed by atoms with Gasteiger partial charge in [-0.1, -0.05) is 12.5 Å². The van der Waals surface area contributed by atoms with E-state index >= 15 is 0 Å². The van der Waals surface area contributed by atoms with Crippen LogP contribution in [0.2, 0.25) is 0 Å². The molecular weight excluding hydrogens is 417 g/mol. The Morgan fingerprint density at radius 2 is 1.84 bits per heavy atom. The lowest BCUT2D eigenvalue weighted by Gasteiger charge is -2.28. The molecule has 0 radical (unpaired) electrons. The minimum atomic E-state index is -1.01. The first-order chi connectivity index (χ1) is 15.3. The van der Waals surface area contributed by atoms with Crippen LogP contribution in [0, 0.1) is 17.5 Å². The molecule has 0 aliphatic heterocycles. The second-order valence-electron chi connectivity index (χ2n) is 8.15. The van der Waals surface area contributed by atoms with Gasteiger partial charge in [-0.25, -0.2) is 18.2 Å². The van der Waals surface area contributed by atoms with E-state index in [2.05, 4.69) is 9.97 Å². The normalized spacial score (nSPS) is 18.5. The van der Waals surface area contributed by atoms with Gasteiger partial charge in [0.1, 0.15) is 23.0 Å². The van der Waals surface area contributed by atoms with Crippen molar-refractivity contribution in [3.8, 4) is 11.3 Å². The van der Waals surface area contributed by atoms with Crippen molar-refractivity contribution in [2.45, 2.75) is 44.1 Å². The minimum Gasteiger partial charge on any atom is -0.397 e. The first-order valence-corrected chi connectivity index (χ1v) is 10.5. The van der Waals surface area contributed by atoms with Crippen molar-refractivity contribution in [3.63, 3.8) is 0 Å². The molecule has 1 fully saturated rings. The second-order valence-corrected chi connectivity index (χ2v) is 8.15. The number of nitrogens with two attached hydrogens (primary N) is 2. The van der Waals surface area contributed by atoms with Crippen molar-refractivity contribution in [1.29, 1.82) is 0 Å². The number of anilines is 1. The van der Waals surface area contributed by atoms with Crippen LogP contribution in [-0.2, 0) is 6.42 Å². The highest BCUT2D eigenvalue weighted by Gasteiger charge is 2.26. The van der Waals surface area contributed by atoms with Gasteiger partial charge in [0.25, 0.3) is 0 Å². The molecule has 4 N–H and O–H groups in total. The van der Waals surface area contributed by atoms with Gasteiger partial charge in [-0.3, -0.25) is 9.78 Å². The number of hydrogen-bond donors (Lipinski definition) is 2. The number of benzene rings is 1. The number of hydrogen-bond acceptors (Lipinski definition) is 5. The molecule has 0 saturated heterocycles. The number of Topliss-reactive ketones (excluding diaryl/α,β-unsaturated/α-hetero) is 1. The third kappa shape index (κ3) is 4.36. The predicted molar refractivity (Wildman–Crippen MR) is 115 cm³/mol. The third-order valence-electron chi connectivity index (χ3n) is 5.92. The zero-order valence-corrected chi connectivity index (χ0v) is 17.3. The van der Waals surface area contributed by atoms with Crippen molar-refractivity contribution in [2.75, 3.05) is 5.73 Å². The molecule has 3 aromatic rings. The van der Waals surface area contributed by atoms with E-state index in [0.29, 0.717) is 5.56 Å². The summed E-state index contributed by atoms with van der Waals surface area (Å²) in [5.74, 6) is -3.26. The number of nitrogen functional groups attached to an aromatic ring is 1. The number of pyridine rings is 2. The second kappa shape index (κ2) is 9.08. The van der Waals surface area contributed by atoms with E-state index < -0.39 is 34.5 Å². The summed E-state index contributed by atoms with van der Waals surface area (Å²) in [6, 6.07) is 6.01. The number of ketones is 1. The van der Waals surface area contributed by atoms with Crippen LogP contribution in [0.25, 0.3) is 11.3 Å². The molecule has 2 atom stereocenters. The summed E-state index contributed by atoms with van der Waals surface area (Å²) in [4.78, 5) is 21.2. The van der Waals surface area contributed by atoms with Gasteiger partial charge < -0.3 is 11.5 Å². The van der Waals surface area contributed by atoms with Crippen molar-refractivity contribution in [2.24, 2.45) is 5.73 Å². The van der Waals surface area contributed by atoms with E-state index in [4.69, 9.17) is 11.5 Å². The molecule has 0 bridgehead atoms.